The van der Waals surface area contributed by atoms with Gasteiger partial charge in [-0.2, -0.15) is 0 Å². The molecule has 2 N–H and O–H groups in total. The van der Waals surface area contributed by atoms with Crippen LogP contribution >= 0.6 is 24.8 Å². The van der Waals surface area contributed by atoms with Crippen LogP contribution in [-0.2, 0) is 4.79 Å². The number of nitrogens with zero attached hydrogens (tertiary/aromatic N) is 2. The molecule has 0 bridgehead atoms. The maximum atomic E-state index is 12.1. The van der Waals surface area contributed by atoms with Crippen LogP contribution in [-0.4, -0.2) is 32.1 Å². The fourth-order valence-corrected chi connectivity index (χ4v) is 2.15. The SMILES string of the molecule is CC(N)CC(=O)N1CCN(C)c2ccccc21.Cl.Cl. The van der Waals surface area contributed by atoms with Crippen LogP contribution in [0.2, 0.25) is 0 Å². The summed E-state index contributed by atoms with van der Waals surface area (Å²) in [5.74, 6) is 0.112. The van der Waals surface area contributed by atoms with Crippen LogP contribution in [0, 0.1) is 0 Å². The number of hydrogen-bond donors (Lipinski definition) is 1. The molecule has 6 heteroatoms. The van der Waals surface area contributed by atoms with Crippen molar-refractivity contribution < 1.29 is 4.79 Å². The number of carbonyl (C=O) groups excluding carboxylic acids is 1. The molecule has 1 aliphatic rings. The monoisotopic (exact) mass is 305 g/mol. The van der Waals surface area contributed by atoms with Crippen LogP contribution in [0.15, 0.2) is 24.3 Å². The van der Waals surface area contributed by atoms with Crippen LogP contribution in [0.25, 0.3) is 0 Å². The van der Waals surface area contributed by atoms with Crippen molar-refractivity contribution in [1.29, 1.82) is 0 Å². The van der Waals surface area contributed by atoms with E-state index in [0.29, 0.717) is 6.42 Å². The fourth-order valence-electron chi connectivity index (χ4n) is 2.15. The van der Waals surface area contributed by atoms with E-state index >= 15 is 0 Å². The van der Waals surface area contributed by atoms with E-state index in [1.165, 1.54) is 0 Å². The molecule has 0 saturated heterocycles. The number of para-hydroxylation sites is 2. The second-order valence-corrected chi connectivity index (χ2v) is 4.64. The molecule has 1 unspecified atom stereocenters. The van der Waals surface area contributed by atoms with Gasteiger partial charge in [-0.1, -0.05) is 12.1 Å². The summed E-state index contributed by atoms with van der Waals surface area (Å²) in [6.07, 6.45) is 0.401. The Hall–Kier alpha value is -0.970. The van der Waals surface area contributed by atoms with Crippen molar-refractivity contribution >= 4 is 42.1 Å². The maximum absolute atomic E-state index is 12.1. The lowest BCUT2D eigenvalue weighted by atomic mass is 10.1. The van der Waals surface area contributed by atoms with E-state index in [-0.39, 0.29) is 36.8 Å². The first-order chi connectivity index (χ1) is 8.09. The van der Waals surface area contributed by atoms with Gasteiger partial charge in [-0.25, -0.2) is 0 Å². The first kappa shape index (κ1) is 18.0. The van der Waals surface area contributed by atoms with Crippen molar-refractivity contribution in [3.05, 3.63) is 24.3 Å². The summed E-state index contributed by atoms with van der Waals surface area (Å²) in [5, 5.41) is 0. The van der Waals surface area contributed by atoms with E-state index in [1.807, 2.05) is 43.1 Å². The van der Waals surface area contributed by atoms with E-state index in [9.17, 15) is 4.79 Å². The van der Waals surface area contributed by atoms with Gasteiger partial charge in [0.2, 0.25) is 5.91 Å². The number of rotatable bonds is 2. The average molecular weight is 306 g/mol. The standard InChI is InChI=1S/C13H19N3O.2ClH/c1-10(14)9-13(17)16-8-7-15(2)11-5-3-4-6-12(11)16;;/h3-6,10H,7-9,14H2,1-2H3;2*1H. The van der Waals surface area contributed by atoms with E-state index in [1.54, 1.807) is 0 Å². The van der Waals surface area contributed by atoms with Gasteiger partial charge >= 0.3 is 0 Å². The van der Waals surface area contributed by atoms with Crippen LogP contribution in [0.3, 0.4) is 0 Å². The molecule has 1 amide bonds. The highest BCUT2D eigenvalue weighted by Gasteiger charge is 2.24. The second-order valence-electron chi connectivity index (χ2n) is 4.64. The van der Waals surface area contributed by atoms with Gasteiger partial charge in [-0.15, -0.1) is 24.8 Å². The largest absolute Gasteiger partial charge is 0.371 e. The number of amides is 1. The minimum Gasteiger partial charge on any atom is -0.371 e. The smallest absolute Gasteiger partial charge is 0.228 e. The van der Waals surface area contributed by atoms with Crippen LogP contribution < -0.4 is 15.5 Å². The number of fused-ring (bicyclic) bond motifs is 1. The third kappa shape index (κ3) is 4.00. The summed E-state index contributed by atoms with van der Waals surface area (Å²) in [4.78, 5) is 16.1. The predicted molar refractivity (Wildman–Crippen MR) is 84.8 cm³/mol. The molecule has 1 atom stereocenters. The van der Waals surface area contributed by atoms with Gasteiger partial charge in [0.1, 0.15) is 0 Å². The first-order valence-electron chi connectivity index (χ1n) is 5.95. The highest BCUT2D eigenvalue weighted by molar-refractivity contribution is 5.98. The van der Waals surface area contributed by atoms with Crippen molar-refractivity contribution in [1.82, 2.24) is 0 Å². The minimum atomic E-state index is -0.0886. The Morgan fingerprint density at radius 2 is 1.84 bits per heavy atom. The first-order valence-corrected chi connectivity index (χ1v) is 5.95. The Morgan fingerprint density at radius 1 is 1.26 bits per heavy atom. The zero-order valence-electron chi connectivity index (χ0n) is 11.2. The number of anilines is 2. The molecule has 0 radical (unpaired) electrons. The van der Waals surface area contributed by atoms with Crippen LogP contribution in [0.4, 0.5) is 11.4 Å². The van der Waals surface area contributed by atoms with E-state index in [0.717, 1.165) is 24.5 Å². The van der Waals surface area contributed by atoms with Gasteiger partial charge in [0.15, 0.2) is 0 Å². The van der Waals surface area contributed by atoms with Crippen molar-refractivity contribution in [2.75, 3.05) is 29.9 Å². The molecule has 1 aliphatic heterocycles. The van der Waals surface area contributed by atoms with Crippen molar-refractivity contribution in [3.8, 4) is 0 Å². The Balaban J connectivity index is 0.00000162. The molecule has 0 spiro atoms. The van der Waals surface area contributed by atoms with Crippen molar-refractivity contribution in [3.63, 3.8) is 0 Å². The molecule has 1 aromatic carbocycles. The van der Waals surface area contributed by atoms with Gasteiger partial charge in [0, 0.05) is 32.6 Å². The lowest BCUT2D eigenvalue weighted by Gasteiger charge is -2.35. The molecule has 0 aromatic heterocycles. The Bertz CT molecular complexity index is 426. The van der Waals surface area contributed by atoms with Crippen molar-refractivity contribution in [2.24, 2.45) is 5.73 Å². The summed E-state index contributed by atoms with van der Waals surface area (Å²) in [6, 6.07) is 7.90. The average Bonchev–Trinajstić information content (AvgIpc) is 2.29. The topological polar surface area (TPSA) is 49.6 Å². The van der Waals surface area contributed by atoms with E-state index in [2.05, 4.69) is 4.90 Å². The maximum Gasteiger partial charge on any atom is 0.228 e. The molecule has 0 saturated carbocycles. The molecular weight excluding hydrogens is 285 g/mol. The van der Waals surface area contributed by atoms with Crippen LogP contribution in [0.1, 0.15) is 13.3 Å². The third-order valence-corrected chi connectivity index (χ3v) is 3.04. The quantitative estimate of drug-likeness (QED) is 0.910. The molecule has 19 heavy (non-hydrogen) atoms. The summed E-state index contributed by atoms with van der Waals surface area (Å²) in [5.41, 5.74) is 7.79. The molecule has 2 rings (SSSR count). The Kier molecular flexibility index (Phi) is 7.19. The van der Waals surface area contributed by atoms with Gasteiger partial charge in [0.25, 0.3) is 0 Å². The van der Waals surface area contributed by atoms with Gasteiger partial charge in [0.05, 0.1) is 11.4 Å². The summed E-state index contributed by atoms with van der Waals surface area (Å²) >= 11 is 0. The number of nitrogens with two attached hydrogens (primary N) is 1. The van der Waals surface area contributed by atoms with Gasteiger partial charge in [-0.3, -0.25) is 4.79 Å². The van der Waals surface area contributed by atoms with Crippen molar-refractivity contribution in [2.45, 2.75) is 19.4 Å². The number of carbonyl (C=O) groups is 1. The highest BCUT2D eigenvalue weighted by atomic mass is 35.5. The van der Waals surface area contributed by atoms with Gasteiger partial charge < -0.3 is 15.5 Å². The predicted octanol–water partition coefficient (Wildman–Crippen LogP) is 2.05. The molecule has 108 valence electrons. The van der Waals surface area contributed by atoms with E-state index in [4.69, 9.17) is 5.73 Å². The molecule has 0 fully saturated rings. The highest BCUT2D eigenvalue weighted by Crippen LogP contribution is 2.32. The van der Waals surface area contributed by atoms with Gasteiger partial charge in [-0.05, 0) is 19.1 Å². The zero-order chi connectivity index (χ0) is 12.4. The lowest BCUT2D eigenvalue weighted by molar-refractivity contribution is -0.118. The minimum absolute atomic E-state index is 0. The number of benzene rings is 1. The number of hydrogen-bond acceptors (Lipinski definition) is 3. The lowest BCUT2D eigenvalue weighted by Crippen LogP contribution is -2.44. The Labute approximate surface area is 126 Å². The molecule has 1 aromatic rings. The Morgan fingerprint density at radius 3 is 2.42 bits per heavy atom. The summed E-state index contributed by atoms with van der Waals surface area (Å²) < 4.78 is 0. The second kappa shape index (κ2) is 7.58. The van der Waals surface area contributed by atoms with Crippen LogP contribution in [0.5, 0.6) is 0 Å². The molecule has 4 nitrogen and oxygen atoms in total. The third-order valence-electron chi connectivity index (χ3n) is 3.04. The normalized spacial score (nSPS) is 14.9. The molecule has 0 aliphatic carbocycles. The summed E-state index contributed by atoms with van der Waals surface area (Å²) in [6.45, 7) is 3.46. The fraction of sp³-hybridized carbons (Fsp3) is 0.462. The van der Waals surface area contributed by atoms with E-state index < -0.39 is 0 Å². The number of halogens is 2. The summed E-state index contributed by atoms with van der Waals surface area (Å²) in [7, 11) is 2.05. The molecular formula is C13H21Cl2N3O. The zero-order valence-corrected chi connectivity index (χ0v) is 12.8. The molecule has 1 heterocycles. The number of likely N-dealkylation sites (N-methyl/N-ethyl adjacent to an activating group) is 1.